The van der Waals surface area contributed by atoms with Crippen molar-refractivity contribution in [2.45, 2.75) is 64.0 Å². The number of carbonyl (C=O) groups excluding carboxylic acids is 1. The van der Waals surface area contributed by atoms with Gasteiger partial charge in [0, 0.05) is 44.0 Å². The number of fused-ring (bicyclic) bond motifs is 1. The molecule has 0 radical (unpaired) electrons. The molecule has 1 aromatic heterocycles. The van der Waals surface area contributed by atoms with Gasteiger partial charge < -0.3 is 19.9 Å². The van der Waals surface area contributed by atoms with E-state index in [0.717, 1.165) is 49.1 Å². The zero-order chi connectivity index (χ0) is 21.9. The van der Waals surface area contributed by atoms with Crippen LogP contribution in [0.1, 0.15) is 49.8 Å². The number of benzene rings is 1. The molecule has 170 valence electrons. The van der Waals surface area contributed by atoms with E-state index in [1.807, 2.05) is 36.1 Å². The number of nitrogens with zero attached hydrogens (tertiary/aromatic N) is 4. The van der Waals surface area contributed by atoms with Gasteiger partial charge in [-0.05, 0) is 44.2 Å². The molecule has 1 amide bonds. The maximum atomic E-state index is 13.1. The fourth-order valence-electron chi connectivity index (χ4n) is 5.07. The van der Waals surface area contributed by atoms with Gasteiger partial charge in [-0.25, -0.2) is 4.98 Å². The summed E-state index contributed by atoms with van der Waals surface area (Å²) in [6, 6.07) is 10.6. The number of hydrogen-bond donors (Lipinski definition) is 1. The van der Waals surface area contributed by atoms with E-state index in [0.29, 0.717) is 19.1 Å². The van der Waals surface area contributed by atoms with E-state index in [2.05, 4.69) is 21.3 Å². The summed E-state index contributed by atoms with van der Waals surface area (Å²) in [6.45, 7) is 4.95. The van der Waals surface area contributed by atoms with Gasteiger partial charge in [0.15, 0.2) is 6.10 Å². The smallest absolute Gasteiger partial charge is 0.263 e. The quantitative estimate of drug-likeness (QED) is 0.792. The molecule has 1 aliphatic carbocycles. The second kappa shape index (κ2) is 9.35. The Morgan fingerprint density at radius 2 is 1.81 bits per heavy atom. The van der Waals surface area contributed by atoms with Crippen LogP contribution < -0.4 is 15.0 Å². The highest BCUT2D eigenvalue weighted by atomic mass is 16.5. The van der Waals surface area contributed by atoms with E-state index >= 15 is 0 Å². The molecule has 2 fully saturated rings. The number of aryl methyl sites for hydroxylation is 2. The highest BCUT2D eigenvalue weighted by Gasteiger charge is 2.32. The SMILES string of the molecule is Cc1cc(N2CCN(C(=O)C3CCc4ccccc4O3)CC2)nc(NC2CCCCC2)n1. The van der Waals surface area contributed by atoms with Crippen molar-refractivity contribution >= 4 is 17.7 Å². The molecular weight excluding hydrogens is 402 g/mol. The molecule has 3 aliphatic rings. The van der Waals surface area contributed by atoms with Crippen LogP contribution in [-0.4, -0.2) is 59.1 Å². The van der Waals surface area contributed by atoms with Crippen LogP contribution in [0.25, 0.3) is 0 Å². The van der Waals surface area contributed by atoms with Crippen LogP contribution in [0, 0.1) is 6.92 Å². The fraction of sp³-hybridized carbons (Fsp3) is 0.560. The van der Waals surface area contributed by atoms with E-state index in [1.54, 1.807) is 0 Å². The first-order valence-electron chi connectivity index (χ1n) is 12.1. The van der Waals surface area contributed by atoms with Crippen molar-refractivity contribution < 1.29 is 9.53 Å². The minimum Gasteiger partial charge on any atom is -0.480 e. The Bertz CT molecular complexity index is 951. The molecule has 1 atom stereocenters. The lowest BCUT2D eigenvalue weighted by Crippen LogP contribution is -2.53. The van der Waals surface area contributed by atoms with Crippen LogP contribution in [0.4, 0.5) is 11.8 Å². The molecule has 0 bridgehead atoms. The van der Waals surface area contributed by atoms with Gasteiger partial charge in [-0.3, -0.25) is 4.79 Å². The highest BCUT2D eigenvalue weighted by molar-refractivity contribution is 5.82. The fourth-order valence-corrected chi connectivity index (χ4v) is 5.07. The number of anilines is 2. The molecule has 1 N–H and O–H groups in total. The van der Waals surface area contributed by atoms with Gasteiger partial charge in [-0.15, -0.1) is 0 Å². The van der Waals surface area contributed by atoms with Gasteiger partial charge in [0.05, 0.1) is 0 Å². The number of amides is 1. The summed E-state index contributed by atoms with van der Waals surface area (Å²) >= 11 is 0. The number of carbonyl (C=O) groups is 1. The average molecular weight is 436 g/mol. The third-order valence-corrected chi connectivity index (χ3v) is 6.89. The Morgan fingerprint density at radius 3 is 2.62 bits per heavy atom. The van der Waals surface area contributed by atoms with Gasteiger partial charge in [-0.1, -0.05) is 37.5 Å². The second-order valence-corrected chi connectivity index (χ2v) is 9.24. The summed E-state index contributed by atoms with van der Waals surface area (Å²) in [5.74, 6) is 2.65. The molecule has 32 heavy (non-hydrogen) atoms. The third kappa shape index (κ3) is 4.66. The van der Waals surface area contributed by atoms with Crippen LogP contribution in [0.3, 0.4) is 0 Å². The predicted octanol–water partition coefficient (Wildman–Crippen LogP) is 3.57. The molecule has 2 aromatic rings. The minimum absolute atomic E-state index is 0.109. The molecular formula is C25H33N5O2. The van der Waals surface area contributed by atoms with Crippen molar-refractivity contribution in [2.75, 3.05) is 36.4 Å². The first kappa shape index (κ1) is 21.0. The van der Waals surface area contributed by atoms with Crippen LogP contribution in [0.5, 0.6) is 5.75 Å². The molecule has 7 heteroatoms. The Hall–Kier alpha value is -2.83. The van der Waals surface area contributed by atoms with E-state index in [-0.39, 0.29) is 12.0 Å². The van der Waals surface area contributed by atoms with Gasteiger partial charge in [-0.2, -0.15) is 4.98 Å². The third-order valence-electron chi connectivity index (χ3n) is 6.89. The van der Waals surface area contributed by atoms with Crippen LogP contribution in [-0.2, 0) is 11.2 Å². The summed E-state index contributed by atoms with van der Waals surface area (Å²) in [4.78, 5) is 26.7. The maximum Gasteiger partial charge on any atom is 0.263 e. The van der Waals surface area contributed by atoms with Crippen molar-refractivity contribution in [3.05, 3.63) is 41.6 Å². The van der Waals surface area contributed by atoms with Crippen LogP contribution in [0.2, 0.25) is 0 Å². The van der Waals surface area contributed by atoms with Gasteiger partial charge >= 0.3 is 0 Å². The first-order valence-corrected chi connectivity index (χ1v) is 12.1. The van der Waals surface area contributed by atoms with Crippen molar-refractivity contribution in [1.82, 2.24) is 14.9 Å². The number of nitrogens with one attached hydrogen (secondary N) is 1. The summed E-state index contributed by atoms with van der Waals surface area (Å²) < 4.78 is 6.03. The zero-order valence-electron chi connectivity index (χ0n) is 18.9. The Morgan fingerprint density at radius 1 is 1.03 bits per heavy atom. The van der Waals surface area contributed by atoms with E-state index in [4.69, 9.17) is 9.72 Å². The zero-order valence-corrected chi connectivity index (χ0v) is 18.9. The number of para-hydroxylation sites is 1. The Kier molecular flexibility index (Phi) is 6.14. The number of ether oxygens (including phenoxy) is 1. The Balaban J connectivity index is 1.19. The summed E-state index contributed by atoms with van der Waals surface area (Å²) in [7, 11) is 0. The normalized spacial score (nSPS) is 21.6. The first-order chi connectivity index (χ1) is 15.7. The van der Waals surface area contributed by atoms with Crippen LogP contribution in [0.15, 0.2) is 30.3 Å². The monoisotopic (exact) mass is 435 g/mol. The van der Waals surface area contributed by atoms with Crippen molar-refractivity contribution in [2.24, 2.45) is 0 Å². The lowest BCUT2D eigenvalue weighted by Gasteiger charge is -2.38. The summed E-state index contributed by atoms with van der Waals surface area (Å²) in [5, 5.41) is 3.55. The molecule has 5 rings (SSSR count). The topological polar surface area (TPSA) is 70.6 Å². The summed E-state index contributed by atoms with van der Waals surface area (Å²) in [5.41, 5.74) is 2.17. The molecule has 1 saturated carbocycles. The van der Waals surface area contributed by atoms with Gasteiger partial charge in [0.1, 0.15) is 11.6 Å². The van der Waals surface area contributed by atoms with E-state index in [1.165, 1.54) is 37.7 Å². The molecule has 7 nitrogen and oxygen atoms in total. The van der Waals surface area contributed by atoms with Crippen molar-refractivity contribution in [3.8, 4) is 5.75 Å². The largest absolute Gasteiger partial charge is 0.480 e. The maximum absolute atomic E-state index is 13.1. The second-order valence-electron chi connectivity index (χ2n) is 9.24. The minimum atomic E-state index is -0.371. The Labute approximate surface area is 190 Å². The molecule has 1 unspecified atom stereocenters. The predicted molar refractivity (Wildman–Crippen MR) is 125 cm³/mol. The average Bonchev–Trinajstić information content (AvgIpc) is 2.84. The van der Waals surface area contributed by atoms with E-state index < -0.39 is 0 Å². The van der Waals surface area contributed by atoms with Crippen molar-refractivity contribution in [1.29, 1.82) is 0 Å². The molecule has 1 aromatic carbocycles. The van der Waals surface area contributed by atoms with E-state index in [9.17, 15) is 4.79 Å². The highest BCUT2D eigenvalue weighted by Crippen LogP contribution is 2.28. The van der Waals surface area contributed by atoms with Crippen LogP contribution >= 0.6 is 0 Å². The lowest BCUT2D eigenvalue weighted by molar-refractivity contribution is -0.139. The standard InChI is InChI=1S/C25H33N5O2/c1-18-17-23(28-25(26-18)27-20-8-3-2-4-9-20)29-13-15-30(16-14-29)24(31)22-12-11-19-7-5-6-10-21(19)32-22/h5-7,10,17,20,22H,2-4,8-9,11-16H2,1H3,(H,26,27,28). The summed E-state index contributed by atoms with van der Waals surface area (Å²) in [6.07, 6.45) is 7.55. The lowest BCUT2D eigenvalue weighted by atomic mass is 9.96. The number of aromatic nitrogens is 2. The molecule has 1 saturated heterocycles. The molecule has 0 spiro atoms. The van der Waals surface area contributed by atoms with Crippen molar-refractivity contribution in [3.63, 3.8) is 0 Å². The number of piperazine rings is 1. The number of hydrogen-bond acceptors (Lipinski definition) is 6. The van der Waals surface area contributed by atoms with Gasteiger partial charge in [0.25, 0.3) is 5.91 Å². The molecule has 2 aliphatic heterocycles. The molecule has 3 heterocycles. The number of rotatable bonds is 4. The van der Waals surface area contributed by atoms with Gasteiger partial charge in [0.2, 0.25) is 5.95 Å².